The quantitative estimate of drug-likeness (QED) is 0.126. The number of carbonyl (C=O) groups excluding carboxylic acids is 1. The monoisotopic (exact) mass is 468 g/mol. The van der Waals surface area contributed by atoms with Gasteiger partial charge in [-0.25, -0.2) is 4.79 Å². The van der Waals surface area contributed by atoms with Crippen molar-refractivity contribution < 1.29 is 19.0 Å². The zero-order valence-corrected chi connectivity index (χ0v) is 21.5. The fraction of sp³-hybridized carbons (Fsp3) is 0.567. The van der Waals surface area contributed by atoms with Crippen LogP contribution in [0.15, 0.2) is 48.5 Å². The highest BCUT2D eigenvalue weighted by atomic mass is 16.5. The van der Waals surface area contributed by atoms with E-state index in [0.29, 0.717) is 17.9 Å². The van der Waals surface area contributed by atoms with Crippen LogP contribution in [-0.4, -0.2) is 25.3 Å². The summed E-state index contributed by atoms with van der Waals surface area (Å²) in [5, 5.41) is 0. The Morgan fingerprint density at radius 1 is 0.735 bits per heavy atom. The molecule has 0 radical (unpaired) electrons. The Kier molecular flexibility index (Phi) is 14.1. The summed E-state index contributed by atoms with van der Waals surface area (Å²) in [5.74, 6) is 0.990. The summed E-state index contributed by atoms with van der Waals surface area (Å²) in [7, 11) is 0. The van der Waals surface area contributed by atoms with Gasteiger partial charge in [-0.3, -0.25) is 0 Å². The highest BCUT2D eigenvalue weighted by Crippen LogP contribution is 2.18. The van der Waals surface area contributed by atoms with Crippen molar-refractivity contribution >= 4 is 5.97 Å². The van der Waals surface area contributed by atoms with E-state index in [1.54, 1.807) is 12.1 Å². The smallest absolute Gasteiger partial charge is 0.343 e. The van der Waals surface area contributed by atoms with Crippen molar-refractivity contribution in [3.8, 4) is 11.5 Å². The molecule has 1 atom stereocenters. The Labute approximate surface area is 207 Å². The summed E-state index contributed by atoms with van der Waals surface area (Å²) in [4.78, 5) is 12.5. The van der Waals surface area contributed by atoms with E-state index in [4.69, 9.17) is 14.2 Å². The summed E-state index contributed by atoms with van der Waals surface area (Å²) in [6, 6.07) is 14.9. The molecule has 0 spiro atoms. The molecule has 0 amide bonds. The molecule has 2 aromatic rings. The molecular formula is C30H44O4. The van der Waals surface area contributed by atoms with Gasteiger partial charge in [0.15, 0.2) is 0 Å². The molecule has 0 aliphatic carbocycles. The molecular weight excluding hydrogens is 424 g/mol. The van der Waals surface area contributed by atoms with E-state index >= 15 is 0 Å². The van der Waals surface area contributed by atoms with Crippen molar-refractivity contribution in [3.05, 3.63) is 59.7 Å². The Bertz CT molecular complexity index is 782. The lowest BCUT2D eigenvalue weighted by molar-refractivity contribution is 0.0610. The maximum Gasteiger partial charge on any atom is 0.343 e. The van der Waals surface area contributed by atoms with E-state index in [0.717, 1.165) is 38.0 Å². The third kappa shape index (κ3) is 11.7. The van der Waals surface area contributed by atoms with Crippen LogP contribution in [0.4, 0.5) is 0 Å². The van der Waals surface area contributed by atoms with Gasteiger partial charge in [-0.15, -0.1) is 0 Å². The molecule has 2 aromatic carbocycles. The van der Waals surface area contributed by atoms with Crippen LogP contribution >= 0.6 is 0 Å². The van der Waals surface area contributed by atoms with Crippen molar-refractivity contribution in [2.45, 2.75) is 97.5 Å². The average molecular weight is 469 g/mol. The summed E-state index contributed by atoms with van der Waals surface area (Å²) >= 11 is 0. The van der Waals surface area contributed by atoms with Crippen molar-refractivity contribution in [1.29, 1.82) is 0 Å². The molecule has 0 fully saturated rings. The second-order valence-electron chi connectivity index (χ2n) is 9.10. The highest BCUT2D eigenvalue weighted by Gasteiger charge is 2.09. The number of rotatable bonds is 18. The molecule has 4 nitrogen and oxygen atoms in total. The molecule has 1 unspecified atom stereocenters. The van der Waals surface area contributed by atoms with Crippen LogP contribution < -0.4 is 9.47 Å². The van der Waals surface area contributed by atoms with Gasteiger partial charge >= 0.3 is 5.97 Å². The van der Waals surface area contributed by atoms with Gasteiger partial charge in [0.2, 0.25) is 0 Å². The van der Waals surface area contributed by atoms with Crippen LogP contribution in [0.25, 0.3) is 0 Å². The minimum atomic E-state index is -0.357. The van der Waals surface area contributed by atoms with E-state index in [9.17, 15) is 4.79 Å². The standard InChI is InChI=1S/C30H44O4/c1-4-6-7-8-9-10-11-12-24-33-28-21-17-27(18-22-28)30(31)34-29-19-15-26(16-20-29)14-13-25(3)32-23-5-2/h15-22,25H,4-14,23-24H2,1-3H3. The molecule has 0 aliphatic rings. The van der Waals surface area contributed by atoms with Crippen LogP contribution in [0.2, 0.25) is 0 Å². The fourth-order valence-electron chi connectivity index (χ4n) is 3.78. The van der Waals surface area contributed by atoms with Crippen LogP contribution in [0.5, 0.6) is 11.5 Å². The van der Waals surface area contributed by atoms with Crippen molar-refractivity contribution in [2.75, 3.05) is 13.2 Å². The molecule has 34 heavy (non-hydrogen) atoms. The maximum atomic E-state index is 12.5. The Morgan fingerprint density at radius 3 is 2.00 bits per heavy atom. The summed E-state index contributed by atoms with van der Waals surface area (Å²) in [6.07, 6.45) is 13.5. The molecule has 0 bridgehead atoms. The van der Waals surface area contributed by atoms with E-state index in [2.05, 4.69) is 20.8 Å². The molecule has 4 heteroatoms. The van der Waals surface area contributed by atoms with E-state index in [1.165, 1.54) is 50.5 Å². The lowest BCUT2D eigenvalue weighted by atomic mass is 10.1. The first-order chi connectivity index (χ1) is 16.6. The highest BCUT2D eigenvalue weighted by molar-refractivity contribution is 5.91. The third-order valence-electron chi connectivity index (χ3n) is 5.94. The third-order valence-corrected chi connectivity index (χ3v) is 5.94. The minimum absolute atomic E-state index is 0.254. The number of unbranched alkanes of at least 4 members (excludes halogenated alkanes) is 7. The SMILES string of the molecule is CCCCCCCCCCOc1ccc(C(=O)Oc2ccc(CCC(C)OCCC)cc2)cc1. The lowest BCUT2D eigenvalue weighted by Gasteiger charge is -2.12. The number of hydrogen-bond acceptors (Lipinski definition) is 4. The second-order valence-corrected chi connectivity index (χ2v) is 9.10. The van der Waals surface area contributed by atoms with Gasteiger partial charge in [0.1, 0.15) is 11.5 Å². The topological polar surface area (TPSA) is 44.8 Å². The molecule has 0 saturated heterocycles. The first-order valence-corrected chi connectivity index (χ1v) is 13.3. The van der Waals surface area contributed by atoms with Crippen LogP contribution in [0.1, 0.15) is 101 Å². The largest absolute Gasteiger partial charge is 0.494 e. The molecule has 0 N–H and O–H groups in total. The Morgan fingerprint density at radius 2 is 1.35 bits per heavy atom. The number of benzene rings is 2. The van der Waals surface area contributed by atoms with Crippen molar-refractivity contribution in [1.82, 2.24) is 0 Å². The number of ether oxygens (including phenoxy) is 3. The van der Waals surface area contributed by atoms with Gasteiger partial charge in [-0.1, -0.05) is 70.9 Å². The molecule has 0 aliphatic heterocycles. The number of aryl methyl sites for hydroxylation is 1. The van der Waals surface area contributed by atoms with E-state index < -0.39 is 0 Å². The zero-order valence-electron chi connectivity index (χ0n) is 21.5. The zero-order chi connectivity index (χ0) is 24.4. The summed E-state index contributed by atoms with van der Waals surface area (Å²) < 4.78 is 17.1. The lowest BCUT2D eigenvalue weighted by Crippen LogP contribution is -2.10. The molecule has 2 rings (SSSR count). The minimum Gasteiger partial charge on any atom is -0.494 e. The molecule has 0 saturated carbocycles. The molecule has 0 aromatic heterocycles. The van der Waals surface area contributed by atoms with Gasteiger partial charge in [-0.05, 0) is 74.6 Å². The first kappa shape index (κ1) is 27.9. The van der Waals surface area contributed by atoms with Gasteiger partial charge in [0.25, 0.3) is 0 Å². The normalized spacial score (nSPS) is 11.9. The molecule has 188 valence electrons. The van der Waals surface area contributed by atoms with Crippen LogP contribution in [0.3, 0.4) is 0 Å². The number of esters is 1. The Balaban J connectivity index is 1.66. The average Bonchev–Trinajstić information content (AvgIpc) is 2.86. The first-order valence-electron chi connectivity index (χ1n) is 13.3. The number of carbonyl (C=O) groups is 1. The van der Waals surface area contributed by atoms with Gasteiger partial charge in [-0.2, -0.15) is 0 Å². The second kappa shape index (κ2) is 17.2. The van der Waals surface area contributed by atoms with Gasteiger partial charge in [0.05, 0.1) is 18.3 Å². The maximum absolute atomic E-state index is 12.5. The van der Waals surface area contributed by atoms with Gasteiger partial charge < -0.3 is 14.2 Å². The number of hydrogen-bond donors (Lipinski definition) is 0. The predicted octanol–water partition coefficient (Wildman–Crippen LogP) is 8.17. The van der Waals surface area contributed by atoms with Gasteiger partial charge in [0, 0.05) is 6.61 Å². The van der Waals surface area contributed by atoms with Crippen molar-refractivity contribution in [2.24, 2.45) is 0 Å². The van der Waals surface area contributed by atoms with Crippen LogP contribution in [-0.2, 0) is 11.2 Å². The summed E-state index contributed by atoms with van der Waals surface area (Å²) in [5.41, 5.74) is 1.73. The Hall–Kier alpha value is -2.33. The summed E-state index contributed by atoms with van der Waals surface area (Å²) in [6.45, 7) is 8.00. The van der Waals surface area contributed by atoms with E-state index in [1.807, 2.05) is 36.4 Å². The van der Waals surface area contributed by atoms with Crippen LogP contribution in [0, 0.1) is 0 Å². The predicted molar refractivity (Wildman–Crippen MR) is 140 cm³/mol. The van der Waals surface area contributed by atoms with Crippen molar-refractivity contribution in [3.63, 3.8) is 0 Å². The fourth-order valence-corrected chi connectivity index (χ4v) is 3.78. The van der Waals surface area contributed by atoms with E-state index in [-0.39, 0.29) is 12.1 Å². The molecule has 0 heterocycles.